The number of aryl methyl sites for hydroxylation is 1. The Morgan fingerprint density at radius 2 is 2.28 bits per heavy atom. The number of nitro benzene ring substituents is 1. The van der Waals surface area contributed by atoms with Crippen LogP contribution in [0.15, 0.2) is 36.9 Å². The smallest absolute Gasteiger partial charge is 0.307 e. The van der Waals surface area contributed by atoms with E-state index in [9.17, 15) is 14.9 Å². The van der Waals surface area contributed by atoms with Crippen LogP contribution in [0.5, 0.6) is 0 Å². The van der Waals surface area contributed by atoms with Crippen molar-refractivity contribution in [2.75, 3.05) is 5.32 Å². The molecule has 0 aliphatic rings. The maximum atomic E-state index is 11.7. The summed E-state index contributed by atoms with van der Waals surface area (Å²) in [6, 6.07) is 4.02. The maximum Gasteiger partial charge on any atom is 0.331 e. The highest BCUT2D eigenvalue weighted by molar-refractivity contribution is 5.91. The van der Waals surface area contributed by atoms with Gasteiger partial charge in [0, 0.05) is 29.7 Å². The summed E-state index contributed by atoms with van der Waals surface area (Å²) in [6.07, 6.45) is 4.36. The SMILES string of the molecule is Cc1cc(NC(=O)n2ccnc2)ccc1[N+](=O)[O-]. The normalized spacial score (nSPS) is 10.1. The Hall–Kier alpha value is -2.70. The van der Waals surface area contributed by atoms with Crippen molar-refractivity contribution < 1.29 is 9.72 Å². The number of hydrogen-bond donors (Lipinski definition) is 1. The fourth-order valence-electron chi connectivity index (χ4n) is 1.51. The zero-order chi connectivity index (χ0) is 13.1. The fourth-order valence-corrected chi connectivity index (χ4v) is 1.51. The van der Waals surface area contributed by atoms with Crippen LogP contribution in [0.25, 0.3) is 0 Å². The zero-order valence-electron chi connectivity index (χ0n) is 9.53. The molecule has 0 bridgehead atoms. The summed E-state index contributed by atoms with van der Waals surface area (Å²) in [5, 5.41) is 13.3. The molecule has 1 aromatic carbocycles. The Labute approximate surface area is 102 Å². The molecule has 92 valence electrons. The van der Waals surface area contributed by atoms with Crippen LogP contribution < -0.4 is 5.32 Å². The predicted molar refractivity (Wildman–Crippen MR) is 64.5 cm³/mol. The number of imidazole rings is 1. The Balaban J connectivity index is 2.18. The number of nitrogens with zero attached hydrogens (tertiary/aromatic N) is 3. The highest BCUT2D eigenvalue weighted by Crippen LogP contribution is 2.21. The lowest BCUT2D eigenvalue weighted by molar-refractivity contribution is -0.385. The maximum absolute atomic E-state index is 11.7. The second-order valence-corrected chi connectivity index (χ2v) is 3.66. The van der Waals surface area contributed by atoms with Crippen LogP contribution in [0.2, 0.25) is 0 Å². The number of carbonyl (C=O) groups is 1. The van der Waals surface area contributed by atoms with Gasteiger partial charge in [0.1, 0.15) is 6.33 Å². The Kier molecular flexibility index (Phi) is 3.05. The van der Waals surface area contributed by atoms with E-state index >= 15 is 0 Å². The first-order chi connectivity index (χ1) is 8.58. The molecule has 0 radical (unpaired) electrons. The average molecular weight is 246 g/mol. The first-order valence-electron chi connectivity index (χ1n) is 5.12. The summed E-state index contributed by atoms with van der Waals surface area (Å²) in [7, 11) is 0. The predicted octanol–water partition coefficient (Wildman–Crippen LogP) is 2.18. The molecule has 0 saturated heterocycles. The van der Waals surface area contributed by atoms with Crippen LogP contribution in [-0.2, 0) is 0 Å². The van der Waals surface area contributed by atoms with Crippen LogP contribution in [0.1, 0.15) is 5.56 Å². The summed E-state index contributed by atoms with van der Waals surface area (Å²) in [4.78, 5) is 25.6. The van der Waals surface area contributed by atoms with Crippen LogP contribution >= 0.6 is 0 Å². The number of nitrogens with one attached hydrogen (secondary N) is 1. The number of anilines is 1. The molecule has 0 saturated carbocycles. The number of aromatic nitrogens is 2. The first kappa shape index (κ1) is 11.8. The summed E-state index contributed by atoms with van der Waals surface area (Å²) < 4.78 is 1.27. The second kappa shape index (κ2) is 4.66. The number of hydrogen-bond acceptors (Lipinski definition) is 4. The molecule has 0 unspecified atom stereocenters. The molecule has 2 rings (SSSR count). The van der Waals surface area contributed by atoms with Gasteiger partial charge in [-0.3, -0.25) is 14.7 Å². The largest absolute Gasteiger partial charge is 0.331 e. The molecule has 1 heterocycles. The van der Waals surface area contributed by atoms with Gasteiger partial charge in [0.05, 0.1) is 4.92 Å². The number of rotatable bonds is 2. The average Bonchev–Trinajstić information content (AvgIpc) is 2.81. The minimum absolute atomic E-state index is 0.0237. The minimum atomic E-state index is -0.462. The van der Waals surface area contributed by atoms with Crippen molar-refractivity contribution in [2.45, 2.75) is 6.92 Å². The lowest BCUT2D eigenvalue weighted by Gasteiger charge is -2.06. The van der Waals surface area contributed by atoms with Crippen molar-refractivity contribution in [3.8, 4) is 0 Å². The first-order valence-corrected chi connectivity index (χ1v) is 5.12. The number of nitro groups is 1. The summed E-state index contributed by atoms with van der Waals surface area (Å²) in [6.45, 7) is 1.62. The van der Waals surface area contributed by atoms with Gasteiger partial charge in [-0.05, 0) is 19.1 Å². The van der Waals surface area contributed by atoms with E-state index in [2.05, 4.69) is 10.3 Å². The highest BCUT2D eigenvalue weighted by Gasteiger charge is 2.11. The van der Waals surface area contributed by atoms with Crippen molar-refractivity contribution >= 4 is 17.4 Å². The van der Waals surface area contributed by atoms with Gasteiger partial charge in [0.25, 0.3) is 5.69 Å². The van der Waals surface area contributed by atoms with Crippen LogP contribution in [-0.4, -0.2) is 20.5 Å². The fraction of sp³-hybridized carbons (Fsp3) is 0.0909. The Bertz CT molecular complexity index is 592. The number of benzene rings is 1. The van der Waals surface area contributed by atoms with Gasteiger partial charge in [0.2, 0.25) is 0 Å². The van der Waals surface area contributed by atoms with Crippen molar-refractivity contribution in [1.82, 2.24) is 9.55 Å². The standard InChI is InChI=1S/C11H10N4O3/c1-8-6-9(2-3-10(8)15(17)18)13-11(16)14-5-4-12-7-14/h2-7H,1H3,(H,13,16). The monoisotopic (exact) mass is 246 g/mol. The van der Waals surface area contributed by atoms with Gasteiger partial charge in [-0.15, -0.1) is 0 Å². The Morgan fingerprint density at radius 3 is 2.83 bits per heavy atom. The van der Waals surface area contributed by atoms with Crippen LogP contribution in [0.4, 0.5) is 16.2 Å². The molecule has 7 nitrogen and oxygen atoms in total. The number of amides is 1. The molecule has 0 fully saturated rings. The van der Waals surface area contributed by atoms with Crippen LogP contribution in [0.3, 0.4) is 0 Å². The van der Waals surface area contributed by atoms with Gasteiger partial charge in [-0.1, -0.05) is 0 Å². The van der Waals surface area contributed by atoms with Crippen molar-refractivity contribution in [3.05, 3.63) is 52.6 Å². The van der Waals surface area contributed by atoms with Gasteiger partial charge in [-0.2, -0.15) is 0 Å². The van der Waals surface area contributed by atoms with Gasteiger partial charge >= 0.3 is 6.03 Å². The van der Waals surface area contributed by atoms with E-state index in [0.29, 0.717) is 11.3 Å². The van der Waals surface area contributed by atoms with E-state index in [1.807, 2.05) is 0 Å². The lowest BCUT2D eigenvalue weighted by Crippen LogP contribution is -2.17. The lowest BCUT2D eigenvalue weighted by atomic mass is 10.2. The molecule has 2 aromatic rings. The molecular weight excluding hydrogens is 236 g/mol. The molecule has 1 N–H and O–H groups in total. The minimum Gasteiger partial charge on any atom is -0.307 e. The summed E-state index contributed by atoms with van der Waals surface area (Å²) in [5.41, 5.74) is 1.01. The zero-order valence-corrected chi connectivity index (χ0v) is 9.53. The number of carbonyl (C=O) groups excluding carboxylic acids is 1. The van der Waals surface area contributed by atoms with E-state index in [0.717, 1.165) is 0 Å². The molecule has 1 aromatic heterocycles. The molecule has 1 amide bonds. The van der Waals surface area contributed by atoms with Gasteiger partial charge in [0.15, 0.2) is 0 Å². The third-order valence-corrected chi connectivity index (χ3v) is 2.38. The van der Waals surface area contributed by atoms with Crippen molar-refractivity contribution in [2.24, 2.45) is 0 Å². The Morgan fingerprint density at radius 1 is 1.50 bits per heavy atom. The van der Waals surface area contributed by atoms with E-state index in [-0.39, 0.29) is 11.7 Å². The van der Waals surface area contributed by atoms with Crippen molar-refractivity contribution in [1.29, 1.82) is 0 Å². The molecule has 18 heavy (non-hydrogen) atoms. The quantitative estimate of drug-likeness (QED) is 0.649. The summed E-state index contributed by atoms with van der Waals surface area (Å²) >= 11 is 0. The van der Waals surface area contributed by atoms with Gasteiger partial charge in [-0.25, -0.2) is 9.78 Å². The molecule has 0 aliphatic carbocycles. The third kappa shape index (κ3) is 2.34. The molecule has 0 spiro atoms. The third-order valence-electron chi connectivity index (χ3n) is 2.38. The summed E-state index contributed by atoms with van der Waals surface area (Å²) in [5.74, 6) is 0. The van der Waals surface area contributed by atoms with E-state index in [1.165, 1.54) is 35.4 Å². The molecule has 0 aliphatic heterocycles. The van der Waals surface area contributed by atoms with Crippen LogP contribution in [0, 0.1) is 17.0 Å². The second-order valence-electron chi connectivity index (χ2n) is 3.66. The van der Waals surface area contributed by atoms with E-state index in [4.69, 9.17) is 0 Å². The molecule has 0 atom stereocenters. The van der Waals surface area contributed by atoms with Crippen molar-refractivity contribution in [3.63, 3.8) is 0 Å². The molecule has 7 heteroatoms. The van der Waals surface area contributed by atoms with Gasteiger partial charge < -0.3 is 5.32 Å². The topological polar surface area (TPSA) is 90.1 Å². The highest BCUT2D eigenvalue weighted by atomic mass is 16.6. The van der Waals surface area contributed by atoms with E-state index < -0.39 is 4.92 Å². The molecular formula is C11H10N4O3. The van der Waals surface area contributed by atoms with E-state index in [1.54, 1.807) is 13.0 Å².